The van der Waals surface area contributed by atoms with Crippen LogP contribution in [0, 0.1) is 0 Å². The van der Waals surface area contributed by atoms with Crippen LogP contribution in [0.3, 0.4) is 0 Å². The first-order valence-electron chi connectivity index (χ1n) is 13.7. The van der Waals surface area contributed by atoms with Gasteiger partial charge in [0, 0.05) is 0 Å². The van der Waals surface area contributed by atoms with Gasteiger partial charge in [-0.3, -0.25) is 0 Å². The van der Waals surface area contributed by atoms with Crippen molar-refractivity contribution in [2.75, 3.05) is 6.61 Å². The van der Waals surface area contributed by atoms with Crippen molar-refractivity contribution in [2.24, 2.45) is 0 Å². The Morgan fingerprint density at radius 1 is 0.550 bits per heavy atom. The van der Waals surface area contributed by atoms with Gasteiger partial charge in [0.25, 0.3) is 0 Å². The van der Waals surface area contributed by atoms with Crippen molar-refractivity contribution in [1.82, 2.24) is 0 Å². The molecule has 4 aromatic carbocycles. The van der Waals surface area contributed by atoms with Crippen molar-refractivity contribution in [3.05, 3.63) is 144 Å². The minimum Gasteiger partial charge on any atom is -0.374 e. The van der Waals surface area contributed by atoms with Gasteiger partial charge in [0.1, 0.15) is 24.4 Å². The van der Waals surface area contributed by atoms with Crippen molar-refractivity contribution in [3.63, 3.8) is 0 Å². The first-order chi connectivity index (χ1) is 19.8. The molecular formula is C34H36O6. The minimum atomic E-state index is -1.17. The second-order valence-electron chi connectivity index (χ2n) is 9.85. The van der Waals surface area contributed by atoms with Gasteiger partial charge in [-0.1, -0.05) is 121 Å². The Labute approximate surface area is 236 Å². The zero-order valence-corrected chi connectivity index (χ0v) is 22.5. The lowest BCUT2D eigenvalue weighted by atomic mass is 10.0. The summed E-state index contributed by atoms with van der Waals surface area (Å²) < 4.78 is 31.3. The average Bonchev–Trinajstić information content (AvgIpc) is 3.33. The molecule has 1 aliphatic rings. The summed E-state index contributed by atoms with van der Waals surface area (Å²) in [6.45, 7) is 1.74. The normalized spacial score (nSPS) is 21.3. The van der Waals surface area contributed by atoms with Crippen LogP contribution < -0.4 is 0 Å². The fourth-order valence-corrected chi connectivity index (χ4v) is 4.75. The van der Waals surface area contributed by atoms with Crippen LogP contribution in [0.1, 0.15) is 22.3 Å². The summed E-state index contributed by atoms with van der Waals surface area (Å²) in [5, 5.41) is 11.0. The maximum absolute atomic E-state index is 11.0. The van der Waals surface area contributed by atoms with Gasteiger partial charge >= 0.3 is 0 Å². The SMILES string of the molecule is OC1O[C@H]([C@@H](COCc2ccccc2)OCc2ccccc2)[C@H](OCc2ccccc2)[C@H]1OCc1ccccc1. The molecule has 1 fully saturated rings. The van der Waals surface area contributed by atoms with Crippen LogP contribution in [0.15, 0.2) is 121 Å². The predicted octanol–water partition coefficient (Wildman–Crippen LogP) is 5.68. The molecule has 0 aliphatic carbocycles. The highest BCUT2D eigenvalue weighted by molar-refractivity contribution is 5.16. The number of aliphatic hydroxyl groups excluding tert-OH is 1. The van der Waals surface area contributed by atoms with Crippen LogP contribution in [0.5, 0.6) is 0 Å². The first kappa shape index (κ1) is 28.2. The Hall–Kier alpha value is -3.36. The molecule has 1 unspecified atom stereocenters. The summed E-state index contributed by atoms with van der Waals surface area (Å²) in [6.07, 6.45) is -3.58. The van der Waals surface area contributed by atoms with E-state index in [4.69, 9.17) is 23.7 Å². The summed E-state index contributed by atoms with van der Waals surface area (Å²) >= 11 is 0. The summed E-state index contributed by atoms with van der Waals surface area (Å²) in [6, 6.07) is 39.8. The second kappa shape index (κ2) is 14.9. The molecule has 1 N–H and O–H groups in total. The summed E-state index contributed by atoms with van der Waals surface area (Å²) in [4.78, 5) is 0. The third-order valence-corrected chi connectivity index (χ3v) is 6.86. The number of hydrogen-bond donors (Lipinski definition) is 1. The highest BCUT2D eigenvalue weighted by Gasteiger charge is 2.49. The maximum atomic E-state index is 11.0. The third-order valence-electron chi connectivity index (χ3n) is 6.86. The molecule has 4 aromatic rings. The lowest BCUT2D eigenvalue weighted by Gasteiger charge is -2.29. The van der Waals surface area contributed by atoms with Gasteiger partial charge in [0.2, 0.25) is 0 Å². The van der Waals surface area contributed by atoms with Crippen LogP contribution in [-0.4, -0.2) is 42.4 Å². The van der Waals surface area contributed by atoms with Gasteiger partial charge in [-0.25, -0.2) is 0 Å². The number of rotatable bonds is 14. The van der Waals surface area contributed by atoms with E-state index in [1.807, 2.05) is 121 Å². The Morgan fingerprint density at radius 3 is 1.48 bits per heavy atom. The van der Waals surface area contributed by atoms with Gasteiger partial charge in [0.05, 0.1) is 33.0 Å². The fourth-order valence-electron chi connectivity index (χ4n) is 4.75. The van der Waals surface area contributed by atoms with E-state index in [9.17, 15) is 5.11 Å². The van der Waals surface area contributed by atoms with E-state index in [2.05, 4.69) is 0 Å². The largest absolute Gasteiger partial charge is 0.374 e. The van der Waals surface area contributed by atoms with Crippen LogP contribution in [0.2, 0.25) is 0 Å². The van der Waals surface area contributed by atoms with E-state index in [1.54, 1.807) is 0 Å². The van der Waals surface area contributed by atoms with Gasteiger partial charge in [0.15, 0.2) is 6.29 Å². The van der Waals surface area contributed by atoms with E-state index in [1.165, 1.54) is 0 Å². The molecule has 0 aromatic heterocycles. The number of benzene rings is 4. The van der Waals surface area contributed by atoms with E-state index in [0.29, 0.717) is 26.4 Å². The third kappa shape index (κ3) is 8.08. The standard InChI is InChI=1S/C34H36O6/c35-34-33(39-24-29-19-11-4-12-20-29)32(38-23-28-17-9-3-10-18-28)31(40-34)30(37-22-27-15-7-2-8-16-27)25-36-21-26-13-5-1-6-14-26/h1-20,30-35H,21-25H2/t30-,31-,32+,33-,34?/m1/s1. The maximum Gasteiger partial charge on any atom is 0.184 e. The van der Waals surface area contributed by atoms with E-state index in [0.717, 1.165) is 22.3 Å². The molecule has 0 spiro atoms. The molecule has 1 aliphatic heterocycles. The summed E-state index contributed by atoms with van der Waals surface area (Å²) in [7, 11) is 0. The van der Waals surface area contributed by atoms with Crippen LogP contribution >= 0.6 is 0 Å². The molecule has 208 valence electrons. The predicted molar refractivity (Wildman–Crippen MR) is 152 cm³/mol. The molecular weight excluding hydrogens is 504 g/mol. The molecule has 6 heteroatoms. The monoisotopic (exact) mass is 540 g/mol. The van der Waals surface area contributed by atoms with Crippen LogP contribution in [-0.2, 0) is 50.1 Å². The number of ether oxygens (including phenoxy) is 5. The molecule has 6 nitrogen and oxygen atoms in total. The molecule has 40 heavy (non-hydrogen) atoms. The smallest absolute Gasteiger partial charge is 0.184 e. The van der Waals surface area contributed by atoms with Crippen molar-refractivity contribution in [1.29, 1.82) is 0 Å². The molecule has 0 radical (unpaired) electrons. The van der Waals surface area contributed by atoms with Crippen molar-refractivity contribution >= 4 is 0 Å². The summed E-state index contributed by atoms with van der Waals surface area (Å²) in [5.74, 6) is 0. The minimum absolute atomic E-state index is 0.260. The topological polar surface area (TPSA) is 66.4 Å². The number of hydrogen-bond acceptors (Lipinski definition) is 6. The number of aliphatic hydroxyl groups is 1. The van der Waals surface area contributed by atoms with E-state index >= 15 is 0 Å². The van der Waals surface area contributed by atoms with Crippen molar-refractivity contribution in [2.45, 2.75) is 57.1 Å². The zero-order chi connectivity index (χ0) is 27.4. The summed E-state index contributed by atoms with van der Waals surface area (Å²) in [5.41, 5.74) is 4.12. The molecule has 1 heterocycles. The van der Waals surface area contributed by atoms with Gasteiger partial charge < -0.3 is 28.8 Å². The molecule has 0 amide bonds. The Kier molecular flexibility index (Phi) is 10.5. The van der Waals surface area contributed by atoms with E-state index in [-0.39, 0.29) is 6.61 Å². The highest BCUT2D eigenvalue weighted by atomic mass is 16.7. The first-order valence-corrected chi connectivity index (χ1v) is 13.7. The van der Waals surface area contributed by atoms with Crippen molar-refractivity contribution in [3.8, 4) is 0 Å². The Bertz CT molecular complexity index is 1240. The van der Waals surface area contributed by atoms with Gasteiger partial charge in [-0.15, -0.1) is 0 Å². The lowest BCUT2D eigenvalue weighted by Crippen LogP contribution is -2.45. The van der Waals surface area contributed by atoms with Crippen LogP contribution in [0.4, 0.5) is 0 Å². The second-order valence-corrected chi connectivity index (χ2v) is 9.85. The fraction of sp³-hybridized carbons (Fsp3) is 0.294. The highest BCUT2D eigenvalue weighted by Crippen LogP contribution is 2.31. The lowest BCUT2D eigenvalue weighted by molar-refractivity contribution is -0.174. The Morgan fingerprint density at radius 2 is 0.975 bits per heavy atom. The van der Waals surface area contributed by atoms with Crippen molar-refractivity contribution < 1.29 is 28.8 Å². The molecule has 0 saturated carbocycles. The van der Waals surface area contributed by atoms with Gasteiger partial charge in [-0.2, -0.15) is 0 Å². The average molecular weight is 541 g/mol. The molecule has 5 rings (SSSR count). The molecule has 1 saturated heterocycles. The molecule has 5 atom stereocenters. The molecule has 0 bridgehead atoms. The Balaban J connectivity index is 1.33. The quantitative estimate of drug-likeness (QED) is 0.222. The zero-order valence-electron chi connectivity index (χ0n) is 22.5. The van der Waals surface area contributed by atoms with Gasteiger partial charge in [-0.05, 0) is 22.3 Å². The van der Waals surface area contributed by atoms with Crippen LogP contribution in [0.25, 0.3) is 0 Å². The van der Waals surface area contributed by atoms with E-state index < -0.39 is 30.7 Å².